The van der Waals surface area contributed by atoms with E-state index in [9.17, 15) is 0 Å². The molecule has 1 aliphatic rings. The van der Waals surface area contributed by atoms with Crippen LogP contribution in [0.2, 0.25) is 0 Å². The van der Waals surface area contributed by atoms with Crippen molar-refractivity contribution in [1.29, 1.82) is 0 Å². The van der Waals surface area contributed by atoms with Gasteiger partial charge < -0.3 is 14.8 Å². The molecule has 0 spiro atoms. The Morgan fingerprint density at radius 2 is 2.11 bits per heavy atom. The first-order valence-corrected chi connectivity index (χ1v) is 6.56. The molecule has 1 heterocycles. The summed E-state index contributed by atoms with van der Waals surface area (Å²) in [6, 6.07) is 8.66. The zero-order valence-electron chi connectivity index (χ0n) is 11.5. The summed E-state index contributed by atoms with van der Waals surface area (Å²) in [5.41, 5.74) is 1.59. The minimum atomic E-state index is 0.328. The highest BCUT2D eigenvalue weighted by atomic mass is 16.5. The molecule has 100 valence electrons. The summed E-state index contributed by atoms with van der Waals surface area (Å²) in [6.07, 6.45) is 0.987. The Kier molecular flexibility index (Phi) is 4.25. The first-order chi connectivity index (χ1) is 8.63. The number of ether oxygens (including phenoxy) is 2. The molecule has 1 atom stereocenters. The average Bonchev–Trinajstić information content (AvgIpc) is 2.35. The first-order valence-electron chi connectivity index (χ1n) is 6.56. The zero-order chi connectivity index (χ0) is 13.0. The standard InChI is InChI=1S/C15H23NO2/c1-12(16-9-15(2)10-18-11-15)8-13-6-4-5-7-14(13)17-3/h4-7,12,16H,8-11H2,1-3H3. The van der Waals surface area contributed by atoms with Gasteiger partial charge in [-0.3, -0.25) is 0 Å². The lowest BCUT2D eigenvalue weighted by Crippen LogP contribution is -2.49. The smallest absolute Gasteiger partial charge is 0.122 e. The lowest BCUT2D eigenvalue weighted by molar-refractivity contribution is -0.0998. The molecule has 0 aromatic heterocycles. The molecule has 18 heavy (non-hydrogen) atoms. The molecule has 3 heteroatoms. The second kappa shape index (κ2) is 5.72. The van der Waals surface area contributed by atoms with E-state index < -0.39 is 0 Å². The molecule has 1 unspecified atom stereocenters. The normalized spacial score (nSPS) is 19.1. The molecule has 0 amide bonds. The molecule has 1 aromatic carbocycles. The average molecular weight is 249 g/mol. The van der Waals surface area contributed by atoms with E-state index >= 15 is 0 Å². The monoisotopic (exact) mass is 249 g/mol. The number of nitrogens with one attached hydrogen (secondary N) is 1. The SMILES string of the molecule is COc1ccccc1CC(C)NCC1(C)COC1. The van der Waals surface area contributed by atoms with Crippen molar-refractivity contribution < 1.29 is 9.47 Å². The molecule has 1 N–H and O–H groups in total. The summed E-state index contributed by atoms with van der Waals surface area (Å²) >= 11 is 0. The quantitative estimate of drug-likeness (QED) is 0.839. The second-order valence-corrected chi connectivity index (χ2v) is 5.60. The van der Waals surface area contributed by atoms with Crippen LogP contribution in [0.15, 0.2) is 24.3 Å². The minimum absolute atomic E-state index is 0.328. The van der Waals surface area contributed by atoms with Gasteiger partial charge in [-0.1, -0.05) is 25.1 Å². The maximum atomic E-state index is 5.38. The maximum Gasteiger partial charge on any atom is 0.122 e. The van der Waals surface area contributed by atoms with E-state index in [0.717, 1.165) is 31.9 Å². The number of para-hydroxylation sites is 1. The number of hydrogen-bond acceptors (Lipinski definition) is 3. The Labute approximate surface area is 109 Å². The predicted octanol–water partition coefficient (Wildman–Crippen LogP) is 2.25. The van der Waals surface area contributed by atoms with Crippen LogP contribution in [0.5, 0.6) is 5.75 Å². The van der Waals surface area contributed by atoms with Gasteiger partial charge in [-0.05, 0) is 25.0 Å². The fourth-order valence-electron chi connectivity index (χ4n) is 2.25. The van der Waals surface area contributed by atoms with Gasteiger partial charge in [0.2, 0.25) is 0 Å². The van der Waals surface area contributed by atoms with Crippen LogP contribution in [0.3, 0.4) is 0 Å². The Morgan fingerprint density at radius 1 is 1.39 bits per heavy atom. The summed E-state index contributed by atoms with van der Waals surface area (Å²) < 4.78 is 10.6. The van der Waals surface area contributed by atoms with Crippen LogP contribution in [0.4, 0.5) is 0 Å². The molecule has 0 radical (unpaired) electrons. The van der Waals surface area contributed by atoms with Gasteiger partial charge in [0, 0.05) is 18.0 Å². The van der Waals surface area contributed by atoms with Crippen LogP contribution in [0, 0.1) is 5.41 Å². The third kappa shape index (κ3) is 3.24. The maximum absolute atomic E-state index is 5.38. The summed E-state index contributed by atoms with van der Waals surface area (Å²) in [4.78, 5) is 0. The lowest BCUT2D eigenvalue weighted by Gasteiger charge is -2.39. The third-order valence-corrected chi connectivity index (χ3v) is 3.50. The third-order valence-electron chi connectivity index (χ3n) is 3.50. The molecule has 2 rings (SSSR count). The van der Waals surface area contributed by atoms with Gasteiger partial charge in [0.1, 0.15) is 5.75 Å². The molecule has 3 nitrogen and oxygen atoms in total. The topological polar surface area (TPSA) is 30.5 Å². The van der Waals surface area contributed by atoms with Crippen molar-refractivity contribution in [3.05, 3.63) is 29.8 Å². The van der Waals surface area contributed by atoms with Crippen molar-refractivity contribution in [3.8, 4) is 5.75 Å². The lowest BCUT2D eigenvalue weighted by atomic mass is 9.88. The number of hydrogen-bond donors (Lipinski definition) is 1. The van der Waals surface area contributed by atoms with Crippen LogP contribution in [0.1, 0.15) is 19.4 Å². The molecular weight excluding hydrogens is 226 g/mol. The van der Waals surface area contributed by atoms with Crippen molar-refractivity contribution >= 4 is 0 Å². The van der Waals surface area contributed by atoms with E-state index in [4.69, 9.17) is 9.47 Å². The summed E-state index contributed by atoms with van der Waals surface area (Å²) in [5.74, 6) is 0.976. The molecule has 1 fully saturated rings. The Balaban J connectivity index is 1.84. The molecule has 1 aromatic rings. The van der Waals surface area contributed by atoms with E-state index in [0.29, 0.717) is 11.5 Å². The molecule has 1 aliphatic heterocycles. The fourth-order valence-corrected chi connectivity index (χ4v) is 2.25. The zero-order valence-corrected chi connectivity index (χ0v) is 11.5. The Morgan fingerprint density at radius 3 is 2.72 bits per heavy atom. The van der Waals surface area contributed by atoms with Gasteiger partial charge in [-0.25, -0.2) is 0 Å². The van der Waals surface area contributed by atoms with E-state index in [2.05, 4.69) is 31.3 Å². The Bertz CT molecular complexity index is 388. The molecular formula is C15H23NO2. The molecule has 0 saturated carbocycles. The van der Waals surface area contributed by atoms with Crippen molar-refractivity contribution in [2.75, 3.05) is 26.9 Å². The van der Waals surface area contributed by atoms with Gasteiger partial charge in [-0.15, -0.1) is 0 Å². The fraction of sp³-hybridized carbons (Fsp3) is 0.600. The van der Waals surface area contributed by atoms with Gasteiger partial charge in [0.25, 0.3) is 0 Å². The van der Waals surface area contributed by atoms with Crippen molar-refractivity contribution in [1.82, 2.24) is 5.32 Å². The summed E-state index contributed by atoms with van der Waals surface area (Å²) in [6.45, 7) is 7.25. The van der Waals surface area contributed by atoms with E-state index in [-0.39, 0.29) is 0 Å². The Hall–Kier alpha value is -1.06. The summed E-state index contributed by atoms with van der Waals surface area (Å²) in [5, 5.41) is 3.59. The first kappa shape index (κ1) is 13.4. The van der Waals surface area contributed by atoms with Crippen LogP contribution in [-0.2, 0) is 11.2 Å². The molecule has 1 saturated heterocycles. The van der Waals surface area contributed by atoms with E-state index in [1.54, 1.807) is 7.11 Å². The van der Waals surface area contributed by atoms with Gasteiger partial charge in [0.15, 0.2) is 0 Å². The summed E-state index contributed by atoms with van der Waals surface area (Å²) in [7, 11) is 1.73. The molecule has 0 aliphatic carbocycles. The largest absolute Gasteiger partial charge is 0.496 e. The minimum Gasteiger partial charge on any atom is -0.496 e. The number of benzene rings is 1. The van der Waals surface area contributed by atoms with E-state index in [1.165, 1.54) is 5.56 Å². The second-order valence-electron chi connectivity index (χ2n) is 5.60. The van der Waals surface area contributed by atoms with Crippen molar-refractivity contribution in [2.24, 2.45) is 5.41 Å². The van der Waals surface area contributed by atoms with Crippen LogP contribution in [0.25, 0.3) is 0 Å². The number of methoxy groups -OCH3 is 1. The molecule has 0 bridgehead atoms. The highest BCUT2D eigenvalue weighted by molar-refractivity contribution is 5.33. The van der Waals surface area contributed by atoms with Crippen molar-refractivity contribution in [3.63, 3.8) is 0 Å². The predicted molar refractivity (Wildman–Crippen MR) is 73.1 cm³/mol. The van der Waals surface area contributed by atoms with E-state index in [1.807, 2.05) is 12.1 Å². The number of rotatable bonds is 6. The highest BCUT2D eigenvalue weighted by Gasteiger charge is 2.33. The van der Waals surface area contributed by atoms with Gasteiger partial charge in [0.05, 0.1) is 20.3 Å². The van der Waals surface area contributed by atoms with Crippen LogP contribution < -0.4 is 10.1 Å². The van der Waals surface area contributed by atoms with Crippen LogP contribution in [-0.4, -0.2) is 32.9 Å². The van der Waals surface area contributed by atoms with Gasteiger partial charge in [-0.2, -0.15) is 0 Å². The highest BCUT2D eigenvalue weighted by Crippen LogP contribution is 2.25. The van der Waals surface area contributed by atoms with Crippen molar-refractivity contribution in [2.45, 2.75) is 26.3 Å². The van der Waals surface area contributed by atoms with Crippen LogP contribution >= 0.6 is 0 Å². The van der Waals surface area contributed by atoms with Gasteiger partial charge >= 0.3 is 0 Å².